The van der Waals surface area contributed by atoms with Crippen LogP contribution in [0.1, 0.15) is 22.6 Å². The van der Waals surface area contributed by atoms with Crippen LogP contribution >= 0.6 is 0 Å². The summed E-state index contributed by atoms with van der Waals surface area (Å²) in [5.41, 5.74) is 14.5. The summed E-state index contributed by atoms with van der Waals surface area (Å²) in [7, 11) is 0. The zero-order valence-electron chi connectivity index (χ0n) is 29.4. The normalized spacial score (nSPS) is 13.7. The average Bonchev–Trinajstić information content (AvgIpc) is 3.57. The van der Waals surface area contributed by atoms with E-state index in [1.54, 1.807) is 0 Å². The van der Waals surface area contributed by atoms with Crippen LogP contribution in [-0.4, -0.2) is 4.57 Å². The molecule has 1 atom stereocenters. The highest BCUT2D eigenvalue weighted by molar-refractivity contribution is 6.11. The van der Waals surface area contributed by atoms with Crippen molar-refractivity contribution in [2.24, 2.45) is 0 Å². The van der Waals surface area contributed by atoms with E-state index in [1.807, 2.05) is 18.2 Å². The van der Waals surface area contributed by atoms with Crippen LogP contribution in [0.25, 0.3) is 82.6 Å². The van der Waals surface area contributed by atoms with Crippen molar-refractivity contribution in [1.29, 1.82) is 0 Å². The highest BCUT2D eigenvalue weighted by Crippen LogP contribution is 2.44. The van der Waals surface area contributed by atoms with Crippen LogP contribution in [0.2, 0.25) is 0 Å². The Morgan fingerprint density at radius 2 is 1.09 bits per heavy atom. The third-order valence-corrected chi connectivity index (χ3v) is 11.4. The standard InChI is InChI=1S/C51H33NO2/c53-51-47-29-34(33-19-20-37-30-44(32-11-3-1-4-12-32)39-15-7-8-16-40(39)45(37)27-33)21-24-41(47)43-25-22-36(31-50(43)54-51)35-23-26-49-46(28-35)42-17-9-10-18-48(42)52(49)38-13-5-2-6-14-38/h1-29,31,44H,30H2/t44-/m0/s1. The smallest absolute Gasteiger partial charge is 0.344 e. The summed E-state index contributed by atoms with van der Waals surface area (Å²) in [5, 5.41) is 4.79. The molecule has 0 spiro atoms. The van der Waals surface area contributed by atoms with Crippen LogP contribution in [0.5, 0.6) is 0 Å². The van der Waals surface area contributed by atoms with Gasteiger partial charge < -0.3 is 8.98 Å². The summed E-state index contributed by atoms with van der Waals surface area (Å²) in [5.74, 6) is 0.323. The van der Waals surface area contributed by atoms with Gasteiger partial charge in [0, 0.05) is 27.8 Å². The van der Waals surface area contributed by atoms with E-state index in [9.17, 15) is 4.79 Å². The van der Waals surface area contributed by atoms with Crippen LogP contribution in [0.15, 0.2) is 191 Å². The minimum absolute atomic E-state index is 0.323. The Hall–Kier alpha value is -6.97. The third-order valence-electron chi connectivity index (χ3n) is 11.4. The largest absolute Gasteiger partial charge is 0.422 e. The Balaban J connectivity index is 0.973. The number of hydrogen-bond acceptors (Lipinski definition) is 2. The van der Waals surface area contributed by atoms with Crippen LogP contribution < -0.4 is 5.63 Å². The first-order valence-corrected chi connectivity index (χ1v) is 18.6. The van der Waals surface area contributed by atoms with E-state index in [-0.39, 0.29) is 5.63 Å². The highest BCUT2D eigenvalue weighted by atomic mass is 16.4. The molecule has 1 aliphatic rings. The molecular formula is C51H33NO2. The number of fused-ring (bicyclic) bond motifs is 9. The summed E-state index contributed by atoms with van der Waals surface area (Å²) in [4.78, 5) is 13.7. The number of para-hydroxylation sites is 2. The summed E-state index contributed by atoms with van der Waals surface area (Å²) >= 11 is 0. The Kier molecular flexibility index (Phi) is 6.83. The summed E-state index contributed by atoms with van der Waals surface area (Å²) in [6.45, 7) is 0. The molecule has 0 unspecified atom stereocenters. The second-order valence-electron chi connectivity index (χ2n) is 14.4. The van der Waals surface area contributed by atoms with Gasteiger partial charge in [0.25, 0.3) is 0 Å². The van der Waals surface area contributed by atoms with Gasteiger partial charge in [0.15, 0.2) is 0 Å². The fraction of sp³-hybridized carbons (Fsp3) is 0.0392. The maximum absolute atomic E-state index is 13.7. The lowest BCUT2D eigenvalue weighted by Gasteiger charge is -2.29. The van der Waals surface area contributed by atoms with Crippen molar-refractivity contribution >= 4 is 43.5 Å². The molecule has 10 aromatic rings. The van der Waals surface area contributed by atoms with E-state index < -0.39 is 0 Å². The zero-order valence-corrected chi connectivity index (χ0v) is 29.4. The number of hydrogen-bond donors (Lipinski definition) is 0. The van der Waals surface area contributed by atoms with Crippen LogP contribution in [0.4, 0.5) is 0 Å². The first-order valence-electron chi connectivity index (χ1n) is 18.6. The molecule has 8 aromatic carbocycles. The van der Waals surface area contributed by atoms with Crippen LogP contribution in [0.3, 0.4) is 0 Å². The van der Waals surface area contributed by atoms with E-state index >= 15 is 0 Å². The second kappa shape index (κ2) is 12.0. The van der Waals surface area contributed by atoms with Gasteiger partial charge in [-0.15, -0.1) is 0 Å². The molecule has 0 bridgehead atoms. The molecule has 2 heterocycles. The lowest BCUT2D eigenvalue weighted by atomic mass is 9.75. The van der Waals surface area contributed by atoms with Crippen LogP contribution in [-0.2, 0) is 6.42 Å². The van der Waals surface area contributed by atoms with E-state index in [0.29, 0.717) is 16.9 Å². The van der Waals surface area contributed by atoms with Crippen molar-refractivity contribution in [3.05, 3.63) is 209 Å². The Bertz CT molecular complexity index is 3150. The quantitative estimate of drug-likeness (QED) is 0.136. The van der Waals surface area contributed by atoms with Crippen LogP contribution in [0, 0.1) is 0 Å². The second-order valence-corrected chi connectivity index (χ2v) is 14.4. The number of nitrogens with zero attached hydrogens (tertiary/aromatic N) is 1. The molecule has 1 aliphatic carbocycles. The molecule has 0 saturated heterocycles. The van der Waals surface area contributed by atoms with Crippen molar-refractivity contribution < 1.29 is 4.42 Å². The van der Waals surface area contributed by atoms with Crippen molar-refractivity contribution in [3.63, 3.8) is 0 Å². The lowest BCUT2D eigenvalue weighted by molar-refractivity contribution is 0.570. The molecule has 0 N–H and O–H groups in total. The molecule has 0 amide bonds. The van der Waals surface area contributed by atoms with Crippen molar-refractivity contribution in [2.45, 2.75) is 12.3 Å². The van der Waals surface area contributed by atoms with Gasteiger partial charge in [0.2, 0.25) is 0 Å². The van der Waals surface area contributed by atoms with Gasteiger partial charge in [0.05, 0.1) is 16.4 Å². The van der Waals surface area contributed by atoms with Gasteiger partial charge in [-0.25, -0.2) is 4.79 Å². The summed E-state index contributed by atoms with van der Waals surface area (Å²) in [6.07, 6.45) is 0.955. The lowest BCUT2D eigenvalue weighted by Crippen LogP contribution is -2.12. The maximum Gasteiger partial charge on any atom is 0.344 e. The van der Waals surface area contributed by atoms with E-state index in [2.05, 4.69) is 168 Å². The van der Waals surface area contributed by atoms with E-state index in [0.717, 1.165) is 50.7 Å². The first kappa shape index (κ1) is 30.6. The summed E-state index contributed by atoms with van der Waals surface area (Å²) < 4.78 is 8.40. The fourth-order valence-corrected chi connectivity index (χ4v) is 8.84. The number of rotatable bonds is 4. The monoisotopic (exact) mass is 691 g/mol. The fourth-order valence-electron chi connectivity index (χ4n) is 8.84. The summed E-state index contributed by atoms with van der Waals surface area (Å²) in [6, 6.07) is 64.4. The molecule has 0 radical (unpaired) electrons. The highest BCUT2D eigenvalue weighted by Gasteiger charge is 2.26. The predicted molar refractivity (Wildman–Crippen MR) is 223 cm³/mol. The van der Waals surface area contributed by atoms with Gasteiger partial charge in [-0.05, 0) is 116 Å². The van der Waals surface area contributed by atoms with Gasteiger partial charge >= 0.3 is 5.63 Å². The van der Waals surface area contributed by atoms with Crippen molar-refractivity contribution in [1.82, 2.24) is 4.57 Å². The minimum atomic E-state index is -0.327. The Morgan fingerprint density at radius 3 is 1.94 bits per heavy atom. The van der Waals surface area contributed by atoms with Gasteiger partial charge in [-0.1, -0.05) is 127 Å². The van der Waals surface area contributed by atoms with Crippen molar-refractivity contribution in [3.8, 4) is 39.1 Å². The molecule has 254 valence electrons. The SMILES string of the molecule is O=c1oc2cc(-c3ccc4c(c3)c3ccccc3n4-c3ccccc3)ccc2c2ccc(-c3ccc4c(c3)-c3ccccc3[C@H](c3ccccc3)C4)cc12. The Morgan fingerprint density at radius 1 is 0.463 bits per heavy atom. The Labute approximate surface area is 312 Å². The third kappa shape index (κ3) is 4.79. The zero-order chi connectivity index (χ0) is 35.8. The van der Waals surface area contributed by atoms with Gasteiger partial charge in [0.1, 0.15) is 5.58 Å². The predicted octanol–water partition coefficient (Wildman–Crippen LogP) is 12.7. The first-order chi connectivity index (χ1) is 26.7. The van der Waals surface area contributed by atoms with Gasteiger partial charge in [-0.2, -0.15) is 0 Å². The molecular weight excluding hydrogens is 659 g/mol. The molecule has 0 aliphatic heterocycles. The van der Waals surface area contributed by atoms with E-state index in [4.69, 9.17) is 4.42 Å². The molecule has 3 nitrogen and oxygen atoms in total. The maximum atomic E-state index is 13.7. The molecule has 11 rings (SSSR count). The average molecular weight is 692 g/mol. The molecule has 54 heavy (non-hydrogen) atoms. The minimum Gasteiger partial charge on any atom is -0.422 e. The molecule has 0 fully saturated rings. The molecule has 2 aromatic heterocycles. The van der Waals surface area contributed by atoms with Gasteiger partial charge in [-0.3, -0.25) is 0 Å². The van der Waals surface area contributed by atoms with E-state index in [1.165, 1.54) is 44.1 Å². The molecule has 3 heteroatoms. The molecule has 0 saturated carbocycles. The number of benzene rings is 8. The van der Waals surface area contributed by atoms with Crippen molar-refractivity contribution in [2.75, 3.05) is 0 Å². The topological polar surface area (TPSA) is 35.1 Å². The number of aromatic nitrogens is 1.